The van der Waals surface area contributed by atoms with Crippen LogP contribution < -0.4 is 20.1 Å². The van der Waals surface area contributed by atoms with Crippen LogP contribution in [0.5, 0.6) is 11.5 Å². The van der Waals surface area contributed by atoms with Gasteiger partial charge in [-0.3, -0.25) is 4.79 Å². The van der Waals surface area contributed by atoms with Gasteiger partial charge in [0.1, 0.15) is 30.0 Å². The van der Waals surface area contributed by atoms with Crippen molar-refractivity contribution in [2.24, 2.45) is 5.73 Å². The number of carbonyl (C=O) groups is 1. The van der Waals surface area contributed by atoms with E-state index in [0.717, 1.165) is 5.69 Å². The molecule has 2 aromatic rings. The van der Waals surface area contributed by atoms with E-state index in [-0.39, 0.29) is 25.4 Å². The summed E-state index contributed by atoms with van der Waals surface area (Å²) in [6, 6.07) is 12.9. The summed E-state index contributed by atoms with van der Waals surface area (Å²) < 4.78 is 23.5. The van der Waals surface area contributed by atoms with Crippen LogP contribution in [0.25, 0.3) is 0 Å². The zero-order chi connectivity index (χ0) is 18.9. The first kappa shape index (κ1) is 19.5. The summed E-state index contributed by atoms with van der Waals surface area (Å²) in [7, 11) is 1.58. The number of halogens is 1. The van der Waals surface area contributed by atoms with Crippen LogP contribution in [-0.2, 0) is 4.79 Å². The third-order valence-corrected chi connectivity index (χ3v) is 3.75. The summed E-state index contributed by atoms with van der Waals surface area (Å²) in [6.45, 7) is 0.658. The van der Waals surface area contributed by atoms with Crippen molar-refractivity contribution in [2.45, 2.75) is 12.5 Å². The molecule has 26 heavy (non-hydrogen) atoms. The fourth-order valence-corrected chi connectivity index (χ4v) is 2.39. The zero-order valence-corrected chi connectivity index (χ0v) is 14.6. The average molecular weight is 362 g/mol. The van der Waals surface area contributed by atoms with Crippen LogP contribution in [0.3, 0.4) is 0 Å². The number of hydrogen-bond acceptors (Lipinski definition) is 5. The normalized spacial score (nSPS) is 11.7. The fourth-order valence-electron chi connectivity index (χ4n) is 2.39. The molecule has 1 amide bonds. The first-order chi connectivity index (χ1) is 12.5. The molecule has 0 aliphatic heterocycles. The molecule has 0 aliphatic carbocycles. The Labute approximate surface area is 151 Å². The van der Waals surface area contributed by atoms with Gasteiger partial charge in [-0.05, 0) is 48.5 Å². The van der Waals surface area contributed by atoms with Crippen LogP contribution in [0.15, 0.2) is 48.5 Å². The number of carbonyl (C=O) groups excluding carboxylic acids is 1. The SMILES string of the molecule is COc1ccc(N(CCC(N)=O)CC(O)COc2ccc(F)cc2)cc1. The first-order valence-corrected chi connectivity index (χ1v) is 8.21. The third kappa shape index (κ3) is 6.25. The predicted molar refractivity (Wildman–Crippen MR) is 96.9 cm³/mol. The number of benzene rings is 2. The lowest BCUT2D eigenvalue weighted by atomic mass is 10.2. The van der Waals surface area contributed by atoms with Gasteiger partial charge in [0.05, 0.1) is 7.11 Å². The highest BCUT2D eigenvalue weighted by Gasteiger charge is 2.14. The monoisotopic (exact) mass is 362 g/mol. The topological polar surface area (TPSA) is 85.0 Å². The van der Waals surface area contributed by atoms with Crippen LogP contribution in [0.4, 0.5) is 10.1 Å². The Morgan fingerprint density at radius 3 is 2.35 bits per heavy atom. The van der Waals surface area contributed by atoms with Crippen LogP contribution in [0, 0.1) is 5.82 Å². The highest BCUT2D eigenvalue weighted by molar-refractivity contribution is 5.74. The molecule has 6 nitrogen and oxygen atoms in total. The molecule has 1 atom stereocenters. The molecule has 0 saturated carbocycles. The highest BCUT2D eigenvalue weighted by atomic mass is 19.1. The quantitative estimate of drug-likeness (QED) is 0.675. The van der Waals surface area contributed by atoms with Crippen molar-refractivity contribution in [3.8, 4) is 11.5 Å². The van der Waals surface area contributed by atoms with E-state index >= 15 is 0 Å². The molecule has 1 unspecified atom stereocenters. The van der Waals surface area contributed by atoms with Crippen molar-refractivity contribution in [3.63, 3.8) is 0 Å². The van der Waals surface area contributed by atoms with Gasteiger partial charge in [0.25, 0.3) is 0 Å². The van der Waals surface area contributed by atoms with Gasteiger partial charge < -0.3 is 25.2 Å². The molecule has 2 rings (SSSR count). The molecule has 2 aromatic carbocycles. The maximum atomic E-state index is 12.9. The molecular formula is C19H23FN2O4. The van der Waals surface area contributed by atoms with Crippen LogP contribution >= 0.6 is 0 Å². The number of primary amides is 1. The molecule has 0 heterocycles. The average Bonchev–Trinajstić information content (AvgIpc) is 2.64. The van der Waals surface area contributed by atoms with Gasteiger partial charge in [0.15, 0.2) is 0 Å². The molecule has 3 N–H and O–H groups in total. The van der Waals surface area contributed by atoms with Crippen LogP contribution in [-0.4, -0.2) is 43.9 Å². The number of nitrogens with zero attached hydrogens (tertiary/aromatic N) is 1. The number of hydrogen-bond donors (Lipinski definition) is 2. The smallest absolute Gasteiger partial charge is 0.219 e. The number of anilines is 1. The fraction of sp³-hybridized carbons (Fsp3) is 0.316. The Morgan fingerprint density at radius 1 is 1.15 bits per heavy atom. The number of nitrogens with two attached hydrogens (primary N) is 1. The summed E-state index contributed by atoms with van der Waals surface area (Å²) >= 11 is 0. The van der Waals surface area contributed by atoms with E-state index in [0.29, 0.717) is 18.0 Å². The van der Waals surface area contributed by atoms with Gasteiger partial charge in [0, 0.05) is 25.2 Å². The standard InChI is InChI=1S/C19H23FN2O4/c1-25-17-8-4-15(5-9-17)22(11-10-19(21)24)12-16(23)13-26-18-6-2-14(20)3-7-18/h2-9,16,23H,10-13H2,1H3,(H2,21,24). The van der Waals surface area contributed by atoms with Crippen molar-refractivity contribution in [2.75, 3.05) is 31.7 Å². The Bertz CT molecular complexity index is 692. The number of aliphatic hydroxyl groups excluding tert-OH is 1. The summed E-state index contributed by atoms with van der Waals surface area (Å²) in [5.41, 5.74) is 6.07. The van der Waals surface area contributed by atoms with Crippen molar-refractivity contribution >= 4 is 11.6 Å². The Balaban J connectivity index is 1.97. The van der Waals surface area contributed by atoms with E-state index in [1.807, 2.05) is 17.0 Å². The van der Waals surface area contributed by atoms with Gasteiger partial charge >= 0.3 is 0 Å². The molecule has 0 fully saturated rings. The maximum Gasteiger partial charge on any atom is 0.219 e. The van der Waals surface area contributed by atoms with E-state index < -0.39 is 12.0 Å². The van der Waals surface area contributed by atoms with Gasteiger partial charge in [-0.15, -0.1) is 0 Å². The van der Waals surface area contributed by atoms with E-state index in [1.165, 1.54) is 24.3 Å². The predicted octanol–water partition coefficient (Wildman–Crippen LogP) is 1.96. The van der Waals surface area contributed by atoms with E-state index in [2.05, 4.69) is 0 Å². The maximum absolute atomic E-state index is 12.9. The Morgan fingerprint density at radius 2 is 1.77 bits per heavy atom. The van der Waals surface area contributed by atoms with Gasteiger partial charge in [-0.1, -0.05) is 0 Å². The Hall–Kier alpha value is -2.80. The largest absolute Gasteiger partial charge is 0.497 e. The van der Waals surface area contributed by atoms with E-state index in [1.54, 1.807) is 19.2 Å². The van der Waals surface area contributed by atoms with Crippen molar-refractivity contribution in [1.82, 2.24) is 0 Å². The van der Waals surface area contributed by atoms with E-state index in [9.17, 15) is 14.3 Å². The second-order valence-electron chi connectivity index (χ2n) is 5.78. The summed E-state index contributed by atoms with van der Waals surface area (Å²) in [5, 5.41) is 10.3. The summed E-state index contributed by atoms with van der Waals surface area (Å²) in [5.74, 6) is 0.415. The van der Waals surface area contributed by atoms with Gasteiger partial charge in [-0.25, -0.2) is 4.39 Å². The lowest BCUT2D eigenvalue weighted by Crippen LogP contribution is -2.37. The Kier molecular flexibility index (Phi) is 7.23. The number of amides is 1. The number of rotatable bonds is 10. The molecular weight excluding hydrogens is 339 g/mol. The zero-order valence-electron chi connectivity index (χ0n) is 14.6. The van der Waals surface area contributed by atoms with E-state index in [4.69, 9.17) is 15.2 Å². The minimum absolute atomic E-state index is 0.0366. The van der Waals surface area contributed by atoms with Crippen molar-refractivity contribution in [3.05, 3.63) is 54.3 Å². The minimum atomic E-state index is -0.810. The number of ether oxygens (including phenoxy) is 2. The second kappa shape index (κ2) is 9.62. The first-order valence-electron chi connectivity index (χ1n) is 8.21. The van der Waals surface area contributed by atoms with Crippen LogP contribution in [0.2, 0.25) is 0 Å². The van der Waals surface area contributed by atoms with Crippen LogP contribution in [0.1, 0.15) is 6.42 Å². The number of aliphatic hydroxyl groups is 1. The molecule has 140 valence electrons. The third-order valence-electron chi connectivity index (χ3n) is 3.75. The highest BCUT2D eigenvalue weighted by Crippen LogP contribution is 2.20. The molecule has 0 saturated heterocycles. The summed E-state index contributed by atoms with van der Waals surface area (Å²) in [4.78, 5) is 13.0. The molecule has 0 bridgehead atoms. The lowest BCUT2D eigenvalue weighted by Gasteiger charge is -2.27. The molecule has 0 aromatic heterocycles. The molecule has 0 spiro atoms. The minimum Gasteiger partial charge on any atom is -0.497 e. The summed E-state index contributed by atoms with van der Waals surface area (Å²) in [6.07, 6.45) is -0.646. The van der Waals surface area contributed by atoms with Crippen molar-refractivity contribution in [1.29, 1.82) is 0 Å². The molecule has 0 radical (unpaired) electrons. The molecule has 0 aliphatic rings. The number of methoxy groups -OCH3 is 1. The van der Waals surface area contributed by atoms with Gasteiger partial charge in [0.2, 0.25) is 5.91 Å². The van der Waals surface area contributed by atoms with Gasteiger partial charge in [-0.2, -0.15) is 0 Å². The van der Waals surface area contributed by atoms with Crippen molar-refractivity contribution < 1.29 is 23.8 Å². The lowest BCUT2D eigenvalue weighted by molar-refractivity contribution is -0.117. The second-order valence-corrected chi connectivity index (χ2v) is 5.78. The molecule has 7 heteroatoms.